The van der Waals surface area contributed by atoms with Crippen LogP contribution in [-0.2, 0) is 15.9 Å². The molecule has 1 unspecified atom stereocenters. The second-order valence-corrected chi connectivity index (χ2v) is 6.16. The number of hydrogen-bond donors (Lipinski definition) is 1. The van der Waals surface area contributed by atoms with E-state index in [0.717, 1.165) is 51.1 Å². The molecule has 2 rings (SSSR count). The molecule has 1 N–H and O–H groups in total. The maximum Gasteiger partial charge on any atom is 0.141 e. The maximum absolute atomic E-state index is 13.3. The van der Waals surface area contributed by atoms with Gasteiger partial charge in [0.15, 0.2) is 0 Å². The highest BCUT2D eigenvalue weighted by molar-refractivity contribution is 6.30. The van der Waals surface area contributed by atoms with E-state index in [2.05, 4.69) is 5.32 Å². The van der Waals surface area contributed by atoms with Gasteiger partial charge in [-0.3, -0.25) is 0 Å². The van der Waals surface area contributed by atoms with Gasteiger partial charge in [0, 0.05) is 32.2 Å². The van der Waals surface area contributed by atoms with Crippen molar-refractivity contribution in [2.24, 2.45) is 5.41 Å². The molecule has 1 saturated heterocycles. The second-order valence-electron chi connectivity index (χ2n) is 5.75. The average Bonchev–Trinajstić information content (AvgIpc) is 2.49. The van der Waals surface area contributed by atoms with Gasteiger partial charge in [-0.1, -0.05) is 17.7 Å². The number of hydrogen-bond acceptors (Lipinski definition) is 3. The number of rotatable bonds is 7. The van der Waals surface area contributed by atoms with E-state index in [0.29, 0.717) is 6.61 Å². The first kappa shape index (κ1) is 16.7. The molecule has 1 fully saturated rings. The molecule has 0 amide bonds. The Morgan fingerprint density at radius 3 is 3.00 bits per heavy atom. The molecule has 1 aromatic carbocycles. The molecule has 0 aliphatic carbocycles. The number of ether oxygens (including phenoxy) is 2. The van der Waals surface area contributed by atoms with E-state index in [1.54, 1.807) is 13.2 Å². The lowest BCUT2D eigenvalue weighted by Gasteiger charge is -2.37. The molecule has 3 nitrogen and oxygen atoms in total. The minimum atomic E-state index is -0.368. The zero-order valence-electron chi connectivity index (χ0n) is 12.5. The van der Waals surface area contributed by atoms with E-state index in [1.807, 2.05) is 6.07 Å². The number of nitrogens with one attached hydrogen (secondary N) is 1. The maximum atomic E-state index is 13.3. The van der Waals surface area contributed by atoms with Gasteiger partial charge in [0.25, 0.3) is 0 Å². The number of halogens is 2. The van der Waals surface area contributed by atoms with Gasteiger partial charge in [-0.15, -0.1) is 0 Å². The molecule has 118 valence electrons. The molecular formula is C16H23ClFNO2. The molecule has 1 aliphatic heterocycles. The van der Waals surface area contributed by atoms with Crippen molar-refractivity contribution in [3.05, 3.63) is 34.6 Å². The molecule has 1 aromatic rings. The fourth-order valence-corrected chi connectivity index (χ4v) is 3.06. The van der Waals surface area contributed by atoms with Crippen LogP contribution in [0, 0.1) is 11.2 Å². The van der Waals surface area contributed by atoms with Gasteiger partial charge >= 0.3 is 0 Å². The second kappa shape index (κ2) is 8.08. The molecule has 1 aliphatic rings. The molecule has 0 spiro atoms. The lowest BCUT2D eigenvalue weighted by atomic mass is 9.77. The normalized spacial score (nSPS) is 22.4. The lowest BCUT2D eigenvalue weighted by Crippen LogP contribution is -2.43. The molecule has 21 heavy (non-hydrogen) atoms. The molecule has 0 radical (unpaired) electrons. The average molecular weight is 316 g/mol. The van der Waals surface area contributed by atoms with E-state index < -0.39 is 0 Å². The summed E-state index contributed by atoms with van der Waals surface area (Å²) in [6.07, 6.45) is 3.00. The number of benzene rings is 1. The van der Waals surface area contributed by atoms with E-state index >= 15 is 0 Å². The molecular weight excluding hydrogens is 293 g/mol. The standard InChI is InChI=1S/C16H23ClFNO2/c1-20-8-6-19-11-16(5-2-7-21-12-16)10-13-3-4-15(18)14(17)9-13/h3-4,9,19H,2,5-8,10-12H2,1H3. The van der Waals surface area contributed by atoms with Crippen LogP contribution in [0.3, 0.4) is 0 Å². The molecule has 0 bridgehead atoms. The van der Waals surface area contributed by atoms with E-state index in [4.69, 9.17) is 21.1 Å². The first-order valence-electron chi connectivity index (χ1n) is 7.37. The van der Waals surface area contributed by atoms with Crippen LogP contribution in [0.1, 0.15) is 18.4 Å². The fourth-order valence-electron chi connectivity index (χ4n) is 2.86. The highest BCUT2D eigenvalue weighted by Gasteiger charge is 2.32. The van der Waals surface area contributed by atoms with Crippen molar-refractivity contribution in [3.63, 3.8) is 0 Å². The number of methoxy groups -OCH3 is 1. The quantitative estimate of drug-likeness (QED) is 0.785. The Labute approximate surface area is 130 Å². The molecule has 1 atom stereocenters. The summed E-state index contributed by atoms with van der Waals surface area (Å²) in [4.78, 5) is 0. The minimum absolute atomic E-state index is 0.0488. The first-order valence-corrected chi connectivity index (χ1v) is 7.74. The summed E-state index contributed by atoms with van der Waals surface area (Å²) >= 11 is 5.88. The van der Waals surface area contributed by atoms with Crippen LogP contribution in [-0.4, -0.2) is 40.0 Å². The predicted molar refractivity (Wildman–Crippen MR) is 82.3 cm³/mol. The zero-order chi connectivity index (χ0) is 15.1. The SMILES string of the molecule is COCCNCC1(Cc2ccc(F)c(Cl)c2)CCCOC1. The summed E-state index contributed by atoms with van der Waals surface area (Å²) in [6, 6.07) is 4.97. The molecule has 0 aromatic heterocycles. The Hall–Kier alpha value is -0.680. The van der Waals surface area contributed by atoms with Crippen molar-refractivity contribution < 1.29 is 13.9 Å². The molecule has 0 saturated carbocycles. The first-order chi connectivity index (χ1) is 10.2. The summed E-state index contributed by atoms with van der Waals surface area (Å²) in [7, 11) is 1.70. The summed E-state index contributed by atoms with van der Waals surface area (Å²) < 4.78 is 24.0. The fraction of sp³-hybridized carbons (Fsp3) is 0.625. The summed E-state index contributed by atoms with van der Waals surface area (Å²) in [6.45, 7) is 3.93. The van der Waals surface area contributed by atoms with Gasteiger partial charge in [0.05, 0.1) is 18.2 Å². The van der Waals surface area contributed by atoms with Gasteiger partial charge in [-0.25, -0.2) is 4.39 Å². The van der Waals surface area contributed by atoms with Crippen LogP contribution in [0.15, 0.2) is 18.2 Å². The highest BCUT2D eigenvalue weighted by Crippen LogP contribution is 2.33. The van der Waals surface area contributed by atoms with Gasteiger partial charge < -0.3 is 14.8 Å². The Balaban J connectivity index is 2.02. The van der Waals surface area contributed by atoms with Crippen molar-refractivity contribution in [2.75, 3.05) is 40.0 Å². The van der Waals surface area contributed by atoms with Crippen LogP contribution in [0.5, 0.6) is 0 Å². The van der Waals surface area contributed by atoms with Crippen molar-refractivity contribution in [1.82, 2.24) is 5.32 Å². The molecule has 5 heteroatoms. The van der Waals surface area contributed by atoms with E-state index in [-0.39, 0.29) is 16.3 Å². The third kappa shape index (κ3) is 4.92. The third-order valence-corrected chi connectivity index (χ3v) is 4.24. The third-order valence-electron chi connectivity index (χ3n) is 3.95. The van der Waals surface area contributed by atoms with Crippen molar-refractivity contribution in [2.45, 2.75) is 19.3 Å². The molecule has 1 heterocycles. The van der Waals surface area contributed by atoms with Gasteiger partial charge in [0.2, 0.25) is 0 Å². The summed E-state index contributed by atoms with van der Waals surface area (Å²) in [5, 5.41) is 3.62. The topological polar surface area (TPSA) is 30.5 Å². The van der Waals surface area contributed by atoms with Crippen LogP contribution >= 0.6 is 11.6 Å². The Bertz CT molecular complexity index is 450. The summed E-state index contributed by atoms with van der Waals surface area (Å²) in [5.41, 5.74) is 1.10. The Morgan fingerprint density at radius 1 is 1.48 bits per heavy atom. The van der Waals surface area contributed by atoms with Crippen molar-refractivity contribution in [1.29, 1.82) is 0 Å². The van der Waals surface area contributed by atoms with Gasteiger partial charge in [-0.2, -0.15) is 0 Å². The van der Waals surface area contributed by atoms with Crippen LogP contribution < -0.4 is 5.32 Å². The minimum Gasteiger partial charge on any atom is -0.383 e. The van der Waals surface area contributed by atoms with Gasteiger partial charge in [-0.05, 0) is 37.0 Å². The van der Waals surface area contributed by atoms with Crippen LogP contribution in [0.25, 0.3) is 0 Å². The monoisotopic (exact) mass is 315 g/mol. The predicted octanol–water partition coefficient (Wildman–Crippen LogP) is 3.05. The van der Waals surface area contributed by atoms with E-state index in [9.17, 15) is 4.39 Å². The highest BCUT2D eigenvalue weighted by atomic mass is 35.5. The van der Waals surface area contributed by atoms with Crippen LogP contribution in [0.2, 0.25) is 5.02 Å². The zero-order valence-corrected chi connectivity index (χ0v) is 13.2. The van der Waals surface area contributed by atoms with Crippen molar-refractivity contribution in [3.8, 4) is 0 Å². The largest absolute Gasteiger partial charge is 0.383 e. The lowest BCUT2D eigenvalue weighted by molar-refractivity contribution is -0.00770. The smallest absolute Gasteiger partial charge is 0.141 e. The van der Waals surface area contributed by atoms with Crippen molar-refractivity contribution >= 4 is 11.6 Å². The van der Waals surface area contributed by atoms with E-state index in [1.165, 1.54) is 6.07 Å². The Kier molecular flexibility index (Phi) is 6.42. The summed E-state index contributed by atoms with van der Waals surface area (Å²) in [5.74, 6) is -0.368. The van der Waals surface area contributed by atoms with Gasteiger partial charge in [0.1, 0.15) is 5.82 Å². The Morgan fingerprint density at radius 2 is 2.33 bits per heavy atom. The van der Waals surface area contributed by atoms with Crippen LogP contribution in [0.4, 0.5) is 4.39 Å².